The van der Waals surface area contributed by atoms with Crippen LogP contribution in [-0.4, -0.2) is 27.2 Å². The van der Waals surface area contributed by atoms with E-state index in [4.69, 9.17) is 4.98 Å². The molecule has 1 aliphatic carbocycles. The Bertz CT molecular complexity index is 1040. The number of nitrogens with zero attached hydrogens (tertiary/aromatic N) is 4. The van der Waals surface area contributed by atoms with Gasteiger partial charge < -0.3 is 0 Å². The first kappa shape index (κ1) is 17.2. The average molecular weight is 372 g/mol. The number of para-hydroxylation sites is 1. The molecule has 0 radical (unpaired) electrons. The molecule has 1 fully saturated rings. The third kappa shape index (κ3) is 3.12. The quantitative estimate of drug-likeness (QED) is 0.701. The first-order valence-corrected chi connectivity index (χ1v) is 9.91. The van der Waals surface area contributed by atoms with Crippen LogP contribution in [0.4, 0.5) is 11.6 Å². The van der Waals surface area contributed by atoms with Crippen molar-refractivity contribution in [1.29, 1.82) is 0 Å². The predicted octanol–water partition coefficient (Wildman–Crippen LogP) is 3.67. The fourth-order valence-corrected chi connectivity index (χ4v) is 3.97. The summed E-state index contributed by atoms with van der Waals surface area (Å²) in [6.07, 6.45) is 3.04. The summed E-state index contributed by atoms with van der Waals surface area (Å²) in [7, 11) is 0. The molecule has 0 bridgehead atoms. The molecule has 0 unspecified atom stereocenters. The number of aromatic nitrogens is 2. The number of fused-ring (bicyclic) bond motifs is 1. The van der Waals surface area contributed by atoms with Gasteiger partial charge in [0, 0.05) is 23.7 Å². The predicted molar refractivity (Wildman–Crippen MR) is 111 cm³/mol. The van der Waals surface area contributed by atoms with Gasteiger partial charge in [0.25, 0.3) is 5.56 Å². The van der Waals surface area contributed by atoms with E-state index in [1.54, 1.807) is 0 Å². The summed E-state index contributed by atoms with van der Waals surface area (Å²) in [5, 5.41) is 0. The van der Waals surface area contributed by atoms with Gasteiger partial charge in [-0.05, 0) is 37.5 Å². The highest BCUT2D eigenvalue weighted by Gasteiger charge is 2.36. The van der Waals surface area contributed by atoms with Gasteiger partial charge in [-0.2, -0.15) is 0 Å². The van der Waals surface area contributed by atoms with Crippen molar-refractivity contribution >= 4 is 11.6 Å². The molecule has 28 heavy (non-hydrogen) atoms. The van der Waals surface area contributed by atoms with Gasteiger partial charge in [0.1, 0.15) is 0 Å². The molecule has 2 aromatic carbocycles. The third-order valence-corrected chi connectivity index (χ3v) is 5.69. The zero-order valence-corrected chi connectivity index (χ0v) is 16.1. The minimum absolute atomic E-state index is 0.0811. The van der Waals surface area contributed by atoms with Crippen LogP contribution in [0.5, 0.6) is 0 Å². The van der Waals surface area contributed by atoms with Crippen LogP contribution in [0.2, 0.25) is 0 Å². The Labute approximate surface area is 164 Å². The average Bonchev–Trinajstić information content (AvgIpc) is 3.57. The molecule has 2 heterocycles. The molecule has 1 aliphatic heterocycles. The highest BCUT2D eigenvalue weighted by Crippen LogP contribution is 2.34. The molecule has 0 amide bonds. The van der Waals surface area contributed by atoms with E-state index >= 15 is 0 Å². The van der Waals surface area contributed by atoms with Crippen LogP contribution in [0, 0.1) is 6.92 Å². The molecule has 0 saturated heterocycles. The second-order valence-corrected chi connectivity index (χ2v) is 7.74. The van der Waals surface area contributed by atoms with E-state index in [2.05, 4.69) is 34.1 Å². The minimum atomic E-state index is 0.0811. The van der Waals surface area contributed by atoms with Gasteiger partial charge in [0.2, 0.25) is 5.95 Å². The Kier molecular flexibility index (Phi) is 4.24. The second kappa shape index (κ2) is 6.91. The van der Waals surface area contributed by atoms with Gasteiger partial charge in [-0.1, -0.05) is 48.5 Å². The number of benzene rings is 2. The van der Waals surface area contributed by atoms with Gasteiger partial charge in [0.05, 0.1) is 19.0 Å². The summed E-state index contributed by atoms with van der Waals surface area (Å²) in [5.41, 5.74) is 3.91. The van der Waals surface area contributed by atoms with Crippen molar-refractivity contribution in [2.75, 3.05) is 11.6 Å². The van der Waals surface area contributed by atoms with Gasteiger partial charge in [0.15, 0.2) is 0 Å². The monoisotopic (exact) mass is 372 g/mol. The second-order valence-electron chi connectivity index (χ2n) is 7.74. The largest absolute Gasteiger partial charge is 0.298 e. The molecular formula is C23H24N4O. The minimum Gasteiger partial charge on any atom is -0.298 e. The summed E-state index contributed by atoms with van der Waals surface area (Å²) in [6.45, 7) is 3.35. The highest BCUT2D eigenvalue weighted by atomic mass is 16.1. The number of aryl methyl sites for hydroxylation is 1. The normalized spacial score (nSPS) is 16.8. The van der Waals surface area contributed by atoms with Crippen molar-refractivity contribution in [2.24, 2.45) is 0 Å². The Hall–Kier alpha value is -2.92. The maximum Gasteiger partial charge on any atom is 0.259 e. The van der Waals surface area contributed by atoms with E-state index in [1.165, 1.54) is 12.8 Å². The molecular weight excluding hydrogens is 348 g/mol. The molecule has 0 atom stereocenters. The van der Waals surface area contributed by atoms with Gasteiger partial charge in [-0.3, -0.25) is 19.2 Å². The highest BCUT2D eigenvalue weighted by molar-refractivity contribution is 5.58. The SMILES string of the molecule is Cc1nc2n(c(=O)c1Cc1ccccc1)CN(C1CC1)CN2c1ccccc1. The van der Waals surface area contributed by atoms with Crippen LogP contribution in [0.15, 0.2) is 65.5 Å². The molecule has 1 saturated carbocycles. The maximum atomic E-state index is 13.5. The van der Waals surface area contributed by atoms with Crippen molar-refractivity contribution < 1.29 is 0 Å². The first-order chi connectivity index (χ1) is 13.7. The van der Waals surface area contributed by atoms with Crippen molar-refractivity contribution in [2.45, 2.75) is 38.9 Å². The molecule has 5 rings (SSSR count). The summed E-state index contributed by atoms with van der Waals surface area (Å²) in [5.74, 6) is 0.752. The Morgan fingerprint density at radius 3 is 2.32 bits per heavy atom. The van der Waals surface area contributed by atoms with Crippen LogP contribution < -0.4 is 10.5 Å². The van der Waals surface area contributed by atoms with Crippen LogP contribution in [0.25, 0.3) is 0 Å². The molecule has 2 aliphatic rings. The van der Waals surface area contributed by atoms with Crippen LogP contribution in [0.3, 0.4) is 0 Å². The van der Waals surface area contributed by atoms with Gasteiger partial charge in [-0.25, -0.2) is 4.98 Å². The van der Waals surface area contributed by atoms with Gasteiger partial charge >= 0.3 is 0 Å². The summed E-state index contributed by atoms with van der Waals surface area (Å²) in [4.78, 5) is 22.9. The van der Waals surface area contributed by atoms with E-state index in [9.17, 15) is 4.79 Å². The Balaban J connectivity index is 1.61. The third-order valence-electron chi connectivity index (χ3n) is 5.69. The fourth-order valence-electron chi connectivity index (χ4n) is 3.97. The molecule has 5 heteroatoms. The molecule has 3 aromatic rings. The Morgan fingerprint density at radius 1 is 0.964 bits per heavy atom. The molecule has 142 valence electrons. The lowest BCUT2D eigenvalue weighted by molar-refractivity contribution is 0.188. The van der Waals surface area contributed by atoms with E-state index in [0.29, 0.717) is 19.1 Å². The van der Waals surface area contributed by atoms with Crippen LogP contribution in [0.1, 0.15) is 29.7 Å². The lowest BCUT2D eigenvalue weighted by Crippen LogP contribution is -2.48. The standard InChI is InChI=1S/C23H24N4O/c1-17-21(14-18-8-4-2-5-9-18)22(28)27-16-25(19-12-13-19)15-26(23(27)24-17)20-10-6-3-7-11-20/h2-11,19H,12-16H2,1H3. The number of hydrogen-bond acceptors (Lipinski definition) is 4. The van der Waals surface area contributed by atoms with Crippen molar-refractivity contribution in [3.63, 3.8) is 0 Å². The smallest absolute Gasteiger partial charge is 0.259 e. The zero-order chi connectivity index (χ0) is 19.1. The van der Waals surface area contributed by atoms with Crippen LogP contribution in [-0.2, 0) is 13.1 Å². The van der Waals surface area contributed by atoms with E-state index in [0.717, 1.165) is 35.1 Å². The first-order valence-electron chi connectivity index (χ1n) is 9.91. The van der Waals surface area contributed by atoms with Gasteiger partial charge in [-0.15, -0.1) is 0 Å². The molecule has 0 spiro atoms. The summed E-state index contributed by atoms with van der Waals surface area (Å²) >= 11 is 0. The molecule has 5 nitrogen and oxygen atoms in total. The van der Waals surface area contributed by atoms with E-state index in [1.807, 2.05) is 47.9 Å². The van der Waals surface area contributed by atoms with E-state index < -0.39 is 0 Å². The maximum absolute atomic E-state index is 13.5. The number of rotatable bonds is 4. The molecule has 1 aromatic heterocycles. The zero-order valence-electron chi connectivity index (χ0n) is 16.1. The summed E-state index contributed by atoms with van der Waals surface area (Å²) in [6, 6.07) is 21.0. The van der Waals surface area contributed by atoms with E-state index in [-0.39, 0.29) is 5.56 Å². The van der Waals surface area contributed by atoms with Crippen molar-refractivity contribution in [3.8, 4) is 0 Å². The number of hydrogen-bond donors (Lipinski definition) is 0. The van der Waals surface area contributed by atoms with Crippen molar-refractivity contribution in [3.05, 3.63) is 87.8 Å². The molecule has 0 N–H and O–H groups in total. The van der Waals surface area contributed by atoms with Crippen LogP contribution >= 0.6 is 0 Å². The topological polar surface area (TPSA) is 41.4 Å². The lowest BCUT2D eigenvalue weighted by Gasteiger charge is -2.38. The Morgan fingerprint density at radius 2 is 1.64 bits per heavy atom. The number of anilines is 2. The lowest BCUT2D eigenvalue weighted by atomic mass is 10.1. The van der Waals surface area contributed by atoms with Crippen molar-refractivity contribution in [1.82, 2.24) is 14.5 Å². The summed E-state index contributed by atoms with van der Waals surface area (Å²) < 4.78 is 1.86. The fraction of sp³-hybridized carbons (Fsp3) is 0.304.